The summed E-state index contributed by atoms with van der Waals surface area (Å²) in [6, 6.07) is 4.92. The number of ether oxygens (including phenoxy) is 1. The second kappa shape index (κ2) is 5.85. The monoisotopic (exact) mass is 277 g/mol. The Labute approximate surface area is 115 Å². The molecule has 2 aromatic rings. The maximum Gasteiger partial charge on any atom is 0.308 e. The maximum atomic E-state index is 11.1. The first-order valence-electron chi connectivity index (χ1n) is 6.06. The highest BCUT2D eigenvalue weighted by atomic mass is 16.5. The van der Waals surface area contributed by atoms with E-state index in [1.807, 2.05) is 0 Å². The van der Waals surface area contributed by atoms with E-state index >= 15 is 0 Å². The van der Waals surface area contributed by atoms with Crippen molar-refractivity contribution in [3.05, 3.63) is 35.5 Å². The van der Waals surface area contributed by atoms with Crippen LogP contribution in [0.25, 0.3) is 10.9 Å². The van der Waals surface area contributed by atoms with Crippen molar-refractivity contribution in [3.63, 3.8) is 0 Å². The molecule has 2 atom stereocenters. The topological polar surface area (TPSA) is 99.6 Å². The number of rotatable bonds is 5. The Hall–Kier alpha value is -2.18. The van der Waals surface area contributed by atoms with E-state index in [0.717, 1.165) is 11.7 Å². The van der Waals surface area contributed by atoms with Gasteiger partial charge in [-0.1, -0.05) is 12.1 Å². The summed E-state index contributed by atoms with van der Waals surface area (Å²) < 4.78 is 4.44. The summed E-state index contributed by atoms with van der Waals surface area (Å²) >= 11 is 0. The Morgan fingerprint density at radius 1 is 1.45 bits per heavy atom. The van der Waals surface area contributed by atoms with Crippen molar-refractivity contribution >= 4 is 23.2 Å². The number of aliphatic hydroxyl groups excluding tert-OH is 2. The number of carbonyl (C=O) groups excluding carboxylic acids is 2. The second-order valence-corrected chi connectivity index (χ2v) is 4.46. The van der Waals surface area contributed by atoms with E-state index in [0.29, 0.717) is 16.6 Å². The molecule has 0 bridgehead atoms. The molecule has 2 rings (SSSR count). The zero-order chi connectivity index (χ0) is 14.7. The average Bonchev–Trinajstić information content (AvgIpc) is 2.88. The van der Waals surface area contributed by atoms with Crippen molar-refractivity contribution in [2.45, 2.75) is 18.6 Å². The van der Waals surface area contributed by atoms with Crippen LogP contribution < -0.4 is 0 Å². The van der Waals surface area contributed by atoms with Gasteiger partial charge < -0.3 is 19.9 Å². The van der Waals surface area contributed by atoms with Gasteiger partial charge in [0, 0.05) is 22.7 Å². The molecule has 0 saturated heterocycles. The third kappa shape index (κ3) is 2.71. The van der Waals surface area contributed by atoms with Crippen LogP contribution in [0.4, 0.5) is 0 Å². The molecule has 0 fully saturated rings. The van der Waals surface area contributed by atoms with Crippen LogP contribution in [-0.4, -0.2) is 40.7 Å². The smallest absolute Gasteiger partial charge is 0.308 e. The predicted octanol–water partition coefficient (Wildman–Crippen LogP) is 0.938. The third-order valence-corrected chi connectivity index (χ3v) is 3.17. The number of hydrogen-bond donors (Lipinski definition) is 3. The molecular formula is C14H15NO5. The van der Waals surface area contributed by atoms with E-state index in [9.17, 15) is 19.8 Å². The van der Waals surface area contributed by atoms with E-state index < -0.39 is 18.2 Å². The van der Waals surface area contributed by atoms with E-state index in [1.165, 1.54) is 7.11 Å². The molecule has 3 N–H and O–H groups in total. The number of aromatic nitrogens is 1. The molecule has 1 aromatic carbocycles. The zero-order valence-electron chi connectivity index (χ0n) is 10.9. The van der Waals surface area contributed by atoms with Crippen molar-refractivity contribution in [3.8, 4) is 0 Å². The molecule has 0 aliphatic carbocycles. The Balaban J connectivity index is 2.24. The van der Waals surface area contributed by atoms with Crippen LogP contribution in [0.2, 0.25) is 0 Å². The van der Waals surface area contributed by atoms with Gasteiger partial charge in [-0.15, -0.1) is 0 Å². The molecule has 0 radical (unpaired) electrons. The van der Waals surface area contributed by atoms with Crippen LogP contribution in [-0.2, 0) is 9.53 Å². The lowest BCUT2D eigenvalue weighted by Crippen LogP contribution is -2.22. The number of hydrogen-bond acceptors (Lipinski definition) is 5. The summed E-state index contributed by atoms with van der Waals surface area (Å²) in [5, 5.41) is 20.5. The van der Waals surface area contributed by atoms with E-state index in [-0.39, 0.29) is 6.42 Å². The number of methoxy groups -OCH3 is 1. The molecule has 1 aromatic heterocycles. The first-order chi connectivity index (χ1) is 9.56. The van der Waals surface area contributed by atoms with Crippen molar-refractivity contribution in [1.82, 2.24) is 4.98 Å². The van der Waals surface area contributed by atoms with Crippen LogP contribution in [0.3, 0.4) is 0 Å². The van der Waals surface area contributed by atoms with Gasteiger partial charge >= 0.3 is 5.97 Å². The second-order valence-electron chi connectivity index (χ2n) is 4.46. The van der Waals surface area contributed by atoms with Gasteiger partial charge in [-0.25, -0.2) is 0 Å². The lowest BCUT2D eigenvalue weighted by molar-refractivity contribution is -0.144. The fraction of sp³-hybridized carbons (Fsp3) is 0.286. The van der Waals surface area contributed by atoms with Gasteiger partial charge in [-0.3, -0.25) is 9.59 Å². The van der Waals surface area contributed by atoms with Crippen LogP contribution in [0, 0.1) is 0 Å². The van der Waals surface area contributed by atoms with Crippen LogP contribution in [0.15, 0.2) is 24.4 Å². The standard InChI is InChI=1S/C14H15NO5/c1-20-13(18)5-12(17)14(19)8-2-3-10-9(7-16)6-15-11(10)4-8/h2-4,6-7,12,14-15,17,19H,5H2,1H3. The molecular weight excluding hydrogens is 262 g/mol. The fourth-order valence-electron chi connectivity index (χ4n) is 2.04. The van der Waals surface area contributed by atoms with Gasteiger partial charge in [-0.2, -0.15) is 0 Å². The highest BCUT2D eigenvalue weighted by Gasteiger charge is 2.22. The number of aliphatic hydroxyl groups is 2. The Morgan fingerprint density at radius 2 is 2.20 bits per heavy atom. The molecule has 6 nitrogen and oxygen atoms in total. The number of nitrogens with one attached hydrogen (secondary N) is 1. The normalized spacial score (nSPS) is 13.9. The first kappa shape index (κ1) is 14.2. The molecule has 1 heterocycles. The summed E-state index contributed by atoms with van der Waals surface area (Å²) in [6.45, 7) is 0. The van der Waals surface area contributed by atoms with Crippen molar-refractivity contribution in [2.24, 2.45) is 0 Å². The summed E-state index contributed by atoms with van der Waals surface area (Å²) in [5.74, 6) is -0.597. The number of aldehydes is 1. The minimum atomic E-state index is -1.25. The minimum absolute atomic E-state index is 0.292. The average molecular weight is 277 g/mol. The minimum Gasteiger partial charge on any atom is -0.469 e. The van der Waals surface area contributed by atoms with Crippen molar-refractivity contribution in [2.75, 3.05) is 7.11 Å². The number of fused-ring (bicyclic) bond motifs is 1. The molecule has 0 aliphatic rings. The zero-order valence-corrected chi connectivity index (χ0v) is 10.9. The van der Waals surface area contributed by atoms with Gasteiger partial charge in [0.15, 0.2) is 6.29 Å². The summed E-state index contributed by atoms with van der Waals surface area (Å²) in [7, 11) is 1.22. The summed E-state index contributed by atoms with van der Waals surface area (Å²) in [4.78, 5) is 24.8. The van der Waals surface area contributed by atoms with Gasteiger partial charge in [0.1, 0.15) is 6.10 Å². The SMILES string of the molecule is COC(=O)CC(O)C(O)c1ccc2c(C=O)c[nH]c2c1. The Kier molecular flexibility index (Phi) is 4.16. The van der Waals surface area contributed by atoms with Gasteiger partial charge in [0.2, 0.25) is 0 Å². The lowest BCUT2D eigenvalue weighted by atomic mass is 10.0. The van der Waals surface area contributed by atoms with E-state index in [1.54, 1.807) is 24.4 Å². The number of H-pyrrole nitrogens is 1. The molecule has 106 valence electrons. The Bertz CT molecular complexity index is 634. The predicted molar refractivity (Wildman–Crippen MR) is 71.3 cm³/mol. The number of carbonyl (C=O) groups is 2. The van der Waals surface area contributed by atoms with Crippen molar-refractivity contribution < 1.29 is 24.5 Å². The Morgan fingerprint density at radius 3 is 2.85 bits per heavy atom. The number of esters is 1. The largest absolute Gasteiger partial charge is 0.469 e. The molecule has 20 heavy (non-hydrogen) atoms. The third-order valence-electron chi connectivity index (χ3n) is 3.17. The van der Waals surface area contributed by atoms with Crippen molar-refractivity contribution in [1.29, 1.82) is 0 Å². The van der Waals surface area contributed by atoms with Gasteiger partial charge in [0.05, 0.1) is 19.6 Å². The summed E-state index contributed by atoms with van der Waals surface area (Å²) in [6.07, 6.45) is -0.443. The van der Waals surface area contributed by atoms with Gasteiger partial charge in [0.25, 0.3) is 0 Å². The van der Waals surface area contributed by atoms with E-state index in [2.05, 4.69) is 9.72 Å². The van der Waals surface area contributed by atoms with E-state index in [4.69, 9.17) is 0 Å². The highest BCUT2D eigenvalue weighted by Crippen LogP contribution is 2.24. The van der Waals surface area contributed by atoms with Crippen LogP contribution in [0.5, 0.6) is 0 Å². The molecule has 0 saturated carbocycles. The molecule has 2 unspecified atom stereocenters. The summed E-state index contributed by atoms with van der Waals surface area (Å²) in [5.41, 5.74) is 1.65. The fourth-order valence-corrected chi connectivity index (χ4v) is 2.04. The van der Waals surface area contributed by atoms with Crippen LogP contribution in [0.1, 0.15) is 28.4 Å². The van der Waals surface area contributed by atoms with Gasteiger partial charge in [-0.05, 0) is 11.6 Å². The molecule has 0 spiro atoms. The number of benzene rings is 1. The van der Waals surface area contributed by atoms with Crippen LogP contribution >= 0.6 is 0 Å². The first-order valence-corrected chi connectivity index (χ1v) is 6.06. The quantitative estimate of drug-likeness (QED) is 0.558. The molecule has 0 aliphatic heterocycles. The lowest BCUT2D eigenvalue weighted by Gasteiger charge is -2.17. The highest BCUT2D eigenvalue weighted by molar-refractivity contribution is 5.97. The maximum absolute atomic E-state index is 11.1. The molecule has 6 heteroatoms. The number of aromatic amines is 1. The molecule has 0 amide bonds.